The van der Waals surface area contributed by atoms with Gasteiger partial charge in [-0.15, -0.1) is 0 Å². The average molecular weight is 453 g/mol. The molecule has 0 spiro atoms. The van der Waals surface area contributed by atoms with Crippen molar-refractivity contribution >= 4 is 23.1 Å². The number of anilines is 1. The Morgan fingerprint density at radius 2 is 1.52 bits per heavy atom. The van der Waals surface area contributed by atoms with E-state index >= 15 is 0 Å². The van der Waals surface area contributed by atoms with Crippen molar-refractivity contribution in [1.29, 1.82) is 0 Å². The van der Waals surface area contributed by atoms with Gasteiger partial charge in [0.05, 0.1) is 26.9 Å². The van der Waals surface area contributed by atoms with Crippen LogP contribution in [0.2, 0.25) is 0 Å². The lowest BCUT2D eigenvalue weighted by Gasteiger charge is -2.16. The SMILES string of the molecule is CCCCCN1C(=O)C(Nc2cc(OC)c(OC)c(OC)c2)=C(c2ccc(C)c(C)c2)C1=O. The number of methoxy groups -OCH3 is 3. The summed E-state index contributed by atoms with van der Waals surface area (Å²) in [7, 11) is 4.59. The van der Waals surface area contributed by atoms with Gasteiger partial charge in [-0.25, -0.2) is 0 Å². The van der Waals surface area contributed by atoms with Crippen LogP contribution in [0, 0.1) is 13.8 Å². The van der Waals surface area contributed by atoms with Crippen molar-refractivity contribution in [3.8, 4) is 17.2 Å². The van der Waals surface area contributed by atoms with E-state index < -0.39 is 0 Å². The van der Waals surface area contributed by atoms with E-state index in [1.807, 2.05) is 32.0 Å². The Labute approximate surface area is 195 Å². The number of imide groups is 1. The van der Waals surface area contributed by atoms with E-state index in [1.54, 1.807) is 12.1 Å². The molecule has 0 unspecified atom stereocenters. The summed E-state index contributed by atoms with van der Waals surface area (Å²) in [5, 5.41) is 3.18. The van der Waals surface area contributed by atoms with Crippen molar-refractivity contribution in [2.75, 3.05) is 33.2 Å². The molecule has 1 N–H and O–H groups in total. The van der Waals surface area contributed by atoms with E-state index in [1.165, 1.54) is 26.2 Å². The number of carbonyl (C=O) groups is 2. The van der Waals surface area contributed by atoms with Crippen molar-refractivity contribution in [2.45, 2.75) is 40.0 Å². The number of nitrogens with zero attached hydrogens (tertiary/aromatic N) is 1. The number of unbranched alkanes of at least 4 members (excludes halogenated alkanes) is 2. The van der Waals surface area contributed by atoms with Crippen LogP contribution < -0.4 is 19.5 Å². The molecule has 0 aromatic heterocycles. The number of benzene rings is 2. The van der Waals surface area contributed by atoms with Crippen LogP contribution in [-0.2, 0) is 9.59 Å². The minimum absolute atomic E-state index is 0.244. The van der Waals surface area contributed by atoms with Gasteiger partial charge in [-0.2, -0.15) is 0 Å². The predicted molar refractivity (Wildman–Crippen MR) is 129 cm³/mol. The number of nitrogens with one attached hydrogen (secondary N) is 1. The van der Waals surface area contributed by atoms with Crippen LogP contribution >= 0.6 is 0 Å². The van der Waals surface area contributed by atoms with E-state index in [0.717, 1.165) is 30.4 Å². The summed E-state index contributed by atoms with van der Waals surface area (Å²) in [5.41, 5.74) is 4.05. The quantitative estimate of drug-likeness (QED) is 0.416. The third kappa shape index (κ3) is 4.82. The first-order chi connectivity index (χ1) is 15.9. The van der Waals surface area contributed by atoms with E-state index in [4.69, 9.17) is 14.2 Å². The molecule has 1 aliphatic heterocycles. The fraction of sp³-hybridized carbons (Fsp3) is 0.385. The Bertz CT molecular complexity index is 1070. The number of amides is 2. The highest BCUT2D eigenvalue weighted by Crippen LogP contribution is 2.41. The Morgan fingerprint density at radius 1 is 0.848 bits per heavy atom. The maximum absolute atomic E-state index is 13.4. The highest BCUT2D eigenvalue weighted by molar-refractivity contribution is 6.36. The second kappa shape index (κ2) is 10.4. The number of aryl methyl sites for hydroxylation is 2. The molecule has 0 saturated carbocycles. The zero-order valence-corrected chi connectivity index (χ0v) is 20.2. The fourth-order valence-electron chi connectivity index (χ4n) is 3.88. The lowest BCUT2D eigenvalue weighted by atomic mass is 9.99. The van der Waals surface area contributed by atoms with Crippen molar-refractivity contribution in [2.24, 2.45) is 0 Å². The summed E-state index contributed by atoms with van der Waals surface area (Å²) >= 11 is 0. The lowest BCUT2D eigenvalue weighted by Crippen LogP contribution is -2.33. The molecule has 0 fully saturated rings. The van der Waals surface area contributed by atoms with Crippen molar-refractivity contribution < 1.29 is 23.8 Å². The molecule has 2 aromatic carbocycles. The number of carbonyl (C=O) groups excluding carboxylic acids is 2. The van der Waals surface area contributed by atoms with Crippen LogP contribution in [-0.4, -0.2) is 44.6 Å². The van der Waals surface area contributed by atoms with Crippen LogP contribution in [0.3, 0.4) is 0 Å². The maximum Gasteiger partial charge on any atom is 0.278 e. The molecule has 0 aliphatic carbocycles. The van der Waals surface area contributed by atoms with Crippen LogP contribution in [0.4, 0.5) is 5.69 Å². The summed E-state index contributed by atoms with van der Waals surface area (Å²) in [5.74, 6) is 0.727. The Hall–Kier alpha value is -3.48. The first-order valence-electron chi connectivity index (χ1n) is 11.1. The topological polar surface area (TPSA) is 77.1 Å². The molecule has 1 aliphatic rings. The second-order valence-corrected chi connectivity index (χ2v) is 8.06. The van der Waals surface area contributed by atoms with Gasteiger partial charge < -0.3 is 19.5 Å². The number of rotatable bonds is 10. The van der Waals surface area contributed by atoms with E-state index in [2.05, 4.69) is 12.2 Å². The van der Waals surface area contributed by atoms with Crippen molar-refractivity contribution in [1.82, 2.24) is 4.90 Å². The largest absolute Gasteiger partial charge is 0.493 e. The molecule has 3 rings (SSSR count). The predicted octanol–water partition coefficient (Wildman–Crippen LogP) is 4.71. The summed E-state index contributed by atoms with van der Waals surface area (Å²) in [6, 6.07) is 9.22. The fourth-order valence-corrected chi connectivity index (χ4v) is 3.88. The molecule has 176 valence electrons. The van der Waals surface area contributed by atoms with E-state index in [-0.39, 0.29) is 17.5 Å². The van der Waals surface area contributed by atoms with Crippen LogP contribution in [0.1, 0.15) is 42.9 Å². The number of hydrogen-bond donors (Lipinski definition) is 1. The molecule has 0 saturated heterocycles. The van der Waals surface area contributed by atoms with Gasteiger partial charge in [0.25, 0.3) is 11.8 Å². The standard InChI is InChI=1S/C26H32N2O5/c1-7-8-9-12-28-25(29)22(18-11-10-16(2)17(3)13-18)23(26(28)30)27-19-14-20(31-4)24(33-6)21(15-19)32-5/h10-11,13-15,27H,7-9,12H2,1-6H3. The Balaban J connectivity index is 2.09. The Morgan fingerprint density at radius 3 is 2.06 bits per heavy atom. The normalized spacial score (nSPS) is 13.6. The maximum atomic E-state index is 13.4. The van der Waals surface area contributed by atoms with Crippen molar-refractivity contribution in [3.63, 3.8) is 0 Å². The van der Waals surface area contributed by atoms with Gasteiger partial charge in [0.2, 0.25) is 5.75 Å². The van der Waals surface area contributed by atoms with Gasteiger partial charge in [0.15, 0.2) is 11.5 Å². The molecule has 2 amide bonds. The van der Waals surface area contributed by atoms with Gasteiger partial charge in [-0.1, -0.05) is 38.0 Å². The molecule has 2 aromatic rings. The molecule has 0 radical (unpaired) electrons. The zero-order chi connectivity index (χ0) is 24.1. The third-order valence-electron chi connectivity index (χ3n) is 5.88. The molecule has 1 heterocycles. The van der Waals surface area contributed by atoms with E-state index in [0.29, 0.717) is 40.6 Å². The molecule has 7 heteroatoms. The molecular weight excluding hydrogens is 420 g/mol. The van der Waals surface area contributed by atoms with E-state index in [9.17, 15) is 9.59 Å². The van der Waals surface area contributed by atoms with Crippen LogP contribution in [0.25, 0.3) is 5.57 Å². The summed E-state index contributed by atoms with van der Waals surface area (Å²) < 4.78 is 16.3. The minimum atomic E-state index is -0.335. The Kier molecular flexibility index (Phi) is 7.63. The molecule has 0 atom stereocenters. The van der Waals surface area contributed by atoms with Gasteiger partial charge >= 0.3 is 0 Å². The first kappa shape index (κ1) is 24.2. The second-order valence-electron chi connectivity index (χ2n) is 8.06. The molecule has 0 bridgehead atoms. The smallest absolute Gasteiger partial charge is 0.278 e. The molecular formula is C26H32N2O5. The summed E-state index contributed by atoms with van der Waals surface area (Å²) in [4.78, 5) is 28.1. The van der Waals surface area contributed by atoms with Gasteiger partial charge in [0, 0.05) is 24.4 Å². The minimum Gasteiger partial charge on any atom is -0.493 e. The first-order valence-corrected chi connectivity index (χ1v) is 11.1. The van der Waals surface area contributed by atoms with Crippen LogP contribution in [0.5, 0.6) is 17.2 Å². The average Bonchev–Trinajstić information content (AvgIpc) is 3.04. The summed E-state index contributed by atoms with van der Waals surface area (Å²) in [6.07, 6.45) is 2.72. The number of ether oxygens (including phenoxy) is 3. The zero-order valence-electron chi connectivity index (χ0n) is 20.2. The summed E-state index contributed by atoms with van der Waals surface area (Å²) in [6.45, 7) is 6.48. The number of hydrogen-bond acceptors (Lipinski definition) is 6. The molecule has 33 heavy (non-hydrogen) atoms. The van der Waals surface area contributed by atoms with Gasteiger partial charge in [-0.05, 0) is 37.0 Å². The highest BCUT2D eigenvalue weighted by atomic mass is 16.5. The lowest BCUT2D eigenvalue weighted by molar-refractivity contribution is -0.136. The van der Waals surface area contributed by atoms with Gasteiger partial charge in [0.1, 0.15) is 5.70 Å². The van der Waals surface area contributed by atoms with Crippen LogP contribution in [0.15, 0.2) is 36.0 Å². The van der Waals surface area contributed by atoms with Crippen molar-refractivity contribution in [3.05, 3.63) is 52.7 Å². The highest BCUT2D eigenvalue weighted by Gasteiger charge is 2.39. The third-order valence-corrected chi connectivity index (χ3v) is 5.88. The van der Waals surface area contributed by atoms with Gasteiger partial charge in [-0.3, -0.25) is 14.5 Å². The monoisotopic (exact) mass is 452 g/mol. The molecule has 7 nitrogen and oxygen atoms in total.